The van der Waals surface area contributed by atoms with Crippen LogP contribution in [0.15, 0.2) is 24.3 Å². The molecule has 1 heterocycles. The van der Waals surface area contributed by atoms with Gasteiger partial charge >= 0.3 is 19.8 Å². The quantitative estimate of drug-likeness (QED) is 0.111. The molecule has 0 saturated carbocycles. The predicted octanol–water partition coefficient (Wildman–Crippen LogP) is 2.88. The van der Waals surface area contributed by atoms with Gasteiger partial charge in [-0.05, 0) is 93.0 Å². The number of carboxylic acids is 2. The number of nitrogens with one attached hydrogen (secondary N) is 1. The molecule has 16 heteroatoms. The number of aryl methyl sites for hydroxylation is 5. The van der Waals surface area contributed by atoms with E-state index in [0.717, 1.165) is 34.1 Å². The van der Waals surface area contributed by atoms with Crippen LogP contribution in [0.25, 0.3) is 11.1 Å². The first-order valence-electron chi connectivity index (χ1n) is 17.9. The zero-order chi connectivity index (χ0) is 39.3. The minimum Gasteiger partial charge on any atom is -0.480 e. The zero-order valence-corrected chi connectivity index (χ0v) is 32.7. The van der Waals surface area contributed by atoms with Crippen LogP contribution in [0.4, 0.5) is 0 Å². The van der Waals surface area contributed by atoms with E-state index in [1.54, 1.807) is 29.8 Å². The molecule has 2 aromatic carbocycles. The maximum atomic E-state index is 13.0. The van der Waals surface area contributed by atoms with Gasteiger partial charge in [-0.1, -0.05) is 17.7 Å². The van der Waals surface area contributed by atoms with Crippen molar-refractivity contribution in [2.24, 2.45) is 0 Å². The van der Waals surface area contributed by atoms with Crippen molar-refractivity contribution in [1.29, 1.82) is 0 Å². The number of benzene rings is 2. The first kappa shape index (κ1) is 43.7. The maximum Gasteiger partial charge on any atom is 0.527 e. The molecule has 1 amide bonds. The molecule has 1 fully saturated rings. The lowest BCUT2D eigenvalue weighted by molar-refractivity contribution is -0.144. The van der Waals surface area contributed by atoms with E-state index >= 15 is 0 Å². The van der Waals surface area contributed by atoms with Crippen LogP contribution >= 0.6 is 7.82 Å². The number of carbonyl (C=O) groups excluding carboxylic acids is 2. The topological polar surface area (TPSA) is 189 Å². The van der Waals surface area contributed by atoms with Crippen molar-refractivity contribution in [2.75, 3.05) is 85.6 Å². The summed E-state index contributed by atoms with van der Waals surface area (Å²) in [7, 11) is -3.03. The Labute approximate surface area is 312 Å². The van der Waals surface area contributed by atoms with E-state index in [9.17, 15) is 38.8 Å². The number of phosphoric ester groups is 1. The van der Waals surface area contributed by atoms with Gasteiger partial charge in [0.1, 0.15) is 18.1 Å². The van der Waals surface area contributed by atoms with Gasteiger partial charge in [-0.3, -0.25) is 43.4 Å². The molecule has 294 valence electrons. The van der Waals surface area contributed by atoms with Gasteiger partial charge in [0.05, 0.1) is 26.2 Å². The maximum absolute atomic E-state index is 13.0. The van der Waals surface area contributed by atoms with Crippen molar-refractivity contribution in [2.45, 2.75) is 53.5 Å². The number of phosphoric acid groups is 1. The van der Waals surface area contributed by atoms with E-state index in [1.807, 2.05) is 29.7 Å². The summed E-state index contributed by atoms with van der Waals surface area (Å²) >= 11 is 0. The Bertz CT molecular complexity index is 1620. The fourth-order valence-electron chi connectivity index (χ4n) is 6.77. The molecule has 0 spiro atoms. The van der Waals surface area contributed by atoms with E-state index < -0.39 is 25.8 Å². The van der Waals surface area contributed by atoms with Crippen LogP contribution in [-0.2, 0) is 28.3 Å². The number of hydrogen-bond acceptors (Lipinski definition) is 11. The highest BCUT2D eigenvalue weighted by atomic mass is 31.2. The molecular weight excluding hydrogens is 705 g/mol. The summed E-state index contributed by atoms with van der Waals surface area (Å²) in [4.78, 5) is 65.7. The summed E-state index contributed by atoms with van der Waals surface area (Å²) in [6, 6.07) is 6.87. The van der Waals surface area contributed by atoms with Gasteiger partial charge < -0.3 is 24.8 Å². The molecule has 53 heavy (non-hydrogen) atoms. The van der Waals surface area contributed by atoms with Crippen molar-refractivity contribution < 1.29 is 47.9 Å². The molecule has 0 bridgehead atoms. The van der Waals surface area contributed by atoms with Gasteiger partial charge in [-0.2, -0.15) is 0 Å². The third-order valence-corrected chi connectivity index (χ3v) is 10.4. The van der Waals surface area contributed by atoms with Crippen LogP contribution in [0.1, 0.15) is 40.7 Å². The van der Waals surface area contributed by atoms with Crippen LogP contribution < -0.4 is 9.84 Å². The number of aldehydes is 1. The van der Waals surface area contributed by atoms with Gasteiger partial charge in [0.2, 0.25) is 5.91 Å². The summed E-state index contributed by atoms with van der Waals surface area (Å²) in [6.07, 6.45) is 0.970. The molecule has 3 rings (SSSR count). The first-order chi connectivity index (χ1) is 25.0. The number of nitrogens with zero attached hydrogens (tertiary/aromatic N) is 4. The lowest BCUT2D eigenvalue weighted by Gasteiger charge is -2.35. The second-order valence-electron chi connectivity index (χ2n) is 13.7. The molecular formula is C37H56N5O10P. The summed E-state index contributed by atoms with van der Waals surface area (Å²) in [6.45, 7) is 12.3. The highest BCUT2D eigenvalue weighted by molar-refractivity contribution is 7.47. The molecule has 0 radical (unpaired) electrons. The largest absolute Gasteiger partial charge is 0.527 e. The minimum atomic E-state index is -4.57. The molecule has 1 aliphatic rings. The van der Waals surface area contributed by atoms with E-state index in [-0.39, 0.29) is 70.4 Å². The van der Waals surface area contributed by atoms with Crippen LogP contribution in [0.5, 0.6) is 5.75 Å². The van der Waals surface area contributed by atoms with Crippen LogP contribution in [0, 0.1) is 34.6 Å². The number of hydrogen-bond donors (Lipinski definition) is 4. The number of amides is 1. The van der Waals surface area contributed by atoms with Crippen molar-refractivity contribution >= 4 is 32.0 Å². The minimum absolute atomic E-state index is 0.0733. The number of likely N-dealkylation sites (N-methyl/N-ethyl adjacent to an activating group) is 1. The van der Waals surface area contributed by atoms with Crippen molar-refractivity contribution in [3.8, 4) is 16.9 Å². The fourth-order valence-corrected chi connectivity index (χ4v) is 7.63. The normalized spacial score (nSPS) is 17.6. The van der Waals surface area contributed by atoms with E-state index in [0.29, 0.717) is 38.3 Å². The molecule has 1 saturated heterocycles. The molecule has 1 unspecified atom stereocenters. The average molecular weight is 762 g/mol. The van der Waals surface area contributed by atoms with Crippen molar-refractivity contribution in [1.82, 2.24) is 24.9 Å². The molecule has 0 aromatic heterocycles. The number of carbonyl (C=O) groups is 4. The highest BCUT2D eigenvalue weighted by Gasteiger charge is 2.29. The smallest absolute Gasteiger partial charge is 0.480 e. The van der Waals surface area contributed by atoms with Gasteiger partial charge in [0.25, 0.3) is 0 Å². The summed E-state index contributed by atoms with van der Waals surface area (Å²) in [5.74, 6) is -2.10. The van der Waals surface area contributed by atoms with Gasteiger partial charge in [0, 0.05) is 59.4 Å². The Hall–Kier alpha value is -3.69. The Morgan fingerprint density at radius 3 is 1.96 bits per heavy atom. The third-order valence-electron chi connectivity index (χ3n) is 9.49. The number of aliphatic carboxylic acids is 2. The van der Waals surface area contributed by atoms with Crippen molar-refractivity contribution in [3.63, 3.8) is 0 Å². The molecule has 1 aliphatic heterocycles. The van der Waals surface area contributed by atoms with E-state index in [1.165, 1.54) is 5.56 Å². The first-order valence-corrected chi connectivity index (χ1v) is 19.4. The Morgan fingerprint density at radius 1 is 0.830 bits per heavy atom. The zero-order valence-electron chi connectivity index (χ0n) is 31.8. The standard InChI is InChI=1S/C37H56N5O10P/c1-26-20-29(4)36(30(5)21-26)31-22-28(3)33(23-27(31)2)52-53(49,50)51-19-7-8-32(37(47)48)42-15-13-39(17-18-43)9-10-40(24-34(44)38-6)11-12-41(14-16-42)25-35(45)46/h18,20-23,32H,7-17,19,24-25H2,1-6H3,(H,38,44)(H,45,46)(H,47,48)(H,49,50)/t32-/m1/s1. The lowest BCUT2D eigenvalue weighted by atomic mass is 9.90. The lowest BCUT2D eigenvalue weighted by Crippen LogP contribution is -2.51. The molecule has 4 N–H and O–H groups in total. The number of carboxylic acid groups (broad SMARTS) is 2. The second kappa shape index (κ2) is 20.7. The highest BCUT2D eigenvalue weighted by Crippen LogP contribution is 2.46. The monoisotopic (exact) mass is 761 g/mol. The fraction of sp³-hybridized carbons (Fsp3) is 0.568. The SMILES string of the molecule is CNC(=O)CN1CCN(CC=O)CCN([C@H](CCCOP(=O)(O)Oc2cc(C)c(-c3c(C)cc(C)cc3C)cc2C)C(=O)O)CCN(CC(=O)O)CC1. The van der Waals surface area contributed by atoms with Crippen LogP contribution in [0.3, 0.4) is 0 Å². The second-order valence-corrected chi connectivity index (χ2v) is 15.1. The summed E-state index contributed by atoms with van der Waals surface area (Å²) < 4.78 is 23.8. The predicted molar refractivity (Wildman–Crippen MR) is 201 cm³/mol. The van der Waals surface area contributed by atoms with Gasteiger partial charge in [-0.25, -0.2) is 4.57 Å². The van der Waals surface area contributed by atoms with Gasteiger partial charge in [-0.15, -0.1) is 0 Å². The van der Waals surface area contributed by atoms with Crippen molar-refractivity contribution in [3.05, 3.63) is 52.1 Å². The van der Waals surface area contributed by atoms with Crippen LogP contribution in [0.2, 0.25) is 0 Å². The van der Waals surface area contributed by atoms with Gasteiger partial charge in [0.15, 0.2) is 0 Å². The average Bonchev–Trinajstić information content (AvgIpc) is 3.06. The molecule has 2 aromatic rings. The molecule has 15 nitrogen and oxygen atoms in total. The van der Waals surface area contributed by atoms with Crippen LogP contribution in [-0.4, -0.2) is 151 Å². The molecule has 2 atom stereocenters. The summed E-state index contributed by atoms with van der Waals surface area (Å²) in [5, 5.41) is 22.4. The Balaban J connectivity index is 1.69. The van der Waals surface area contributed by atoms with E-state index in [4.69, 9.17) is 9.05 Å². The van der Waals surface area contributed by atoms with E-state index in [2.05, 4.69) is 31.3 Å². The third kappa shape index (κ3) is 13.9. The number of rotatable bonds is 16. The Morgan fingerprint density at radius 2 is 1.40 bits per heavy atom. The summed E-state index contributed by atoms with van der Waals surface area (Å²) in [5.41, 5.74) is 7.05. The molecule has 0 aliphatic carbocycles. The Kier molecular flexibility index (Phi) is 17.1.